The van der Waals surface area contributed by atoms with Crippen LogP contribution in [0, 0.1) is 0 Å². The van der Waals surface area contributed by atoms with Crippen LogP contribution in [0.15, 0.2) is 273 Å². The van der Waals surface area contributed by atoms with Crippen molar-refractivity contribution in [3.8, 4) is 0 Å². The molecule has 15 atom stereocenters. The molecule has 3 heterocycles. The Balaban J connectivity index is 0.965. The molecule has 0 saturated carbocycles. The van der Waals surface area contributed by atoms with Gasteiger partial charge >= 0.3 is 0 Å². The van der Waals surface area contributed by atoms with Crippen LogP contribution >= 0.6 is 0 Å². The fourth-order valence-corrected chi connectivity index (χ4v) is 12.2. The van der Waals surface area contributed by atoms with Gasteiger partial charge in [-0.25, -0.2) is 0 Å². The van der Waals surface area contributed by atoms with E-state index in [1.54, 1.807) is 6.92 Å². The summed E-state index contributed by atoms with van der Waals surface area (Å²) in [4.78, 5) is 0. The minimum atomic E-state index is -1.27. The van der Waals surface area contributed by atoms with Crippen molar-refractivity contribution in [2.24, 2.45) is 0 Å². The first-order chi connectivity index (χ1) is 47.4. The second-order valence-corrected chi connectivity index (χ2v) is 24.4. The Morgan fingerprint density at radius 3 is 0.792 bits per heavy atom. The maximum Gasteiger partial charge on any atom is 0.187 e. The summed E-state index contributed by atoms with van der Waals surface area (Å²) < 4.78 is 100. The van der Waals surface area contributed by atoms with Gasteiger partial charge in [-0.3, -0.25) is 0 Å². The van der Waals surface area contributed by atoms with Gasteiger partial charge in [0.1, 0.15) is 67.1 Å². The fraction of sp³-hybridized carbons (Fsp3) is 0.333. The zero-order valence-electron chi connectivity index (χ0n) is 54.1. The Morgan fingerprint density at radius 2 is 0.479 bits per heavy atom. The molecule has 3 saturated heterocycles. The predicted octanol–water partition coefficient (Wildman–Crippen LogP) is 13.5. The SMILES string of the molecule is C[C@H]1O[C@H](O[C@H]2[C@H](OCc3ccccc3)[C@@H](OCc3ccccc3)[C@@H](O[C@H]3[C@H](OCc4ccccc4)[C@@H](OCc4ccccc4)[C@H](OCc4ccccc4)O[C@@H]3COCc3ccccc3)O[C@@H]2COCc2ccccc2)[C@H](OCc2ccccc2)[C@@H](OCc2ccccc2)[C@H]1O. The number of hydrogen-bond donors (Lipinski definition) is 1. The van der Waals surface area contributed by atoms with Gasteiger partial charge in [0.25, 0.3) is 0 Å². The van der Waals surface area contributed by atoms with Crippen molar-refractivity contribution in [1.82, 2.24) is 0 Å². The molecule has 9 aromatic carbocycles. The van der Waals surface area contributed by atoms with Gasteiger partial charge in [0.2, 0.25) is 0 Å². The van der Waals surface area contributed by atoms with Crippen molar-refractivity contribution in [3.05, 3.63) is 323 Å². The lowest BCUT2D eigenvalue weighted by atomic mass is 9.95. The molecule has 3 fully saturated rings. The second kappa shape index (κ2) is 36.1. The van der Waals surface area contributed by atoms with E-state index in [4.69, 9.17) is 66.3 Å². The van der Waals surface area contributed by atoms with Gasteiger partial charge in [0.05, 0.1) is 78.8 Å². The molecular formula is C81H86O15. The highest BCUT2D eigenvalue weighted by molar-refractivity contribution is 5.21. The van der Waals surface area contributed by atoms with Gasteiger partial charge < -0.3 is 71.4 Å². The number of hydrogen-bond acceptors (Lipinski definition) is 15. The van der Waals surface area contributed by atoms with Crippen molar-refractivity contribution in [3.63, 3.8) is 0 Å². The van der Waals surface area contributed by atoms with Crippen LogP contribution in [0.5, 0.6) is 0 Å². The molecular weight excluding hydrogens is 1210 g/mol. The van der Waals surface area contributed by atoms with Crippen molar-refractivity contribution in [2.75, 3.05) is 13.2 Å². The van der Waals surface area contributed by atoms with Crippen LogP contribution in [0.4, 0.5) is 0 Å². The number of rotatable bonds is 33. The average molecular weight is 1300 g/mol. The molecule has 3 aliphatic rings. The van der Waals surface area contributed by atoms with Crippen LogP contribution in [0.2, 0.25) is 0 Å². The van der Waals surface area contributed by atoms with E-state index in [2.05, 4.69) is 0 Å². The molecule has 0 spiro atoms. The topological polar surface area (TPSA) is 149 Å². The van der Waals surface area contributed by atoms with Crippen LogP contribution in [-0.2, 0) is 126 Å². The Kier molecular flexibility index (Phi) is 25.7. The number of benzene rings is 9. The summed E-state index contributed by atoms with van der Waals surface area (Å²) in [6, 6.07) is 89.5. The van der Waals surface area contributed by atoms with E-state index in [-0.39, 0.29) is 72.7 Å². The summed E-state index contributed by atoms with van der Waals surface area (Å²) in [5, 5.41) is 12.2. The molecule has 0 aliphatic carbocycles. The normalized spacial score (nSPS) is 25.9. The zero-order chi connectivity index (χ0) is 65.4. The summed E-state index contributed by atoms with van der Waals surface area (Å²) in [6.07, 6.45) is -15.1. The molecule has 96 heavy (non-hydrogen) atoms. The van der Waals surface area contributed by atoms with Crippen LogP contribution in [-0.4, -0.2) is 110 Å². The lowest BCUT2D eigenvalue weighted by molar-refractivity contribution is -0.393. The zero-order valence-corrected chi connectivity index (χ0v) is 54.1. The van der Waals surface area contributed by atoms with Gasteiger partial charge in [-0.1, -0.05) is 273 Å². The average Bonchev–Trinajstić information content (AvgIpc) is 0.827. The van der Waals surface area contributed by atoms with E-state index in [0.717, 1.165) is 50.1 Å². The largest absolute Gasteiger partial charge is 0.388 e. The molecule has 0 bridgehead atoms. The molecule has 15 nitrogen and oxygen atoms in total. The summed E-state index contributed by atoms with van der Waals surface area (Å²) >= 11 is 0. The first-order valence-electron chi connectivity index (χ1n) is 33.2. The molecule has 500 valence electrons. The molecule has 12 rings (SSSR count). The fourth-order valence-electron chi connectivity index (χ4n) is 12.2. The van der Waals surface area contributed by atoms with Crippen molar-refractivity contribution < 1.29 is 71.4 Å². The highest BCUT2D eigenvalue weighted by Gasteiger charge is 2.57. The van der Waals surface area contributed by atoms with Gasteiger partial charge in [0.15, 0.2) is 18.9 Å². The second-order valence-electron chi connectivity index (χ2n) is 24.4. The lowest BCUT2D eigenvalue weighted by Crippen LogP contribution is -2.68. The summed E-state index contributed by atoms with van der Waals surface area (Å²) in [5.74, 6) is 0. The highest BCUT2D eigenvalue weighted by atomic mass is 16.8. The van der Waals surface area contributed by atoms with E-state index in [1.807, 2.05) is 273 Å². The van der Waals surface area contributed by atoms with Gasteiger partial charge in [0, 0.05) is 0 Å². The summed E-state index contributed by atoms with van der Waals surface area (Å²) in [5.41, 5.74) is 8.35. The van der Waals surface area contributed by atoms with E-state index in [0.29, 0.717) is 0 Å². The first kappa shape index (κ1) is 68.3. The number of aliphatic hydroxyl groups is 1. The maximum atomic E-state index is 12.2. The Morgan fingerprint density at radius 1 is 0.250 bits per heavy atom. The van der Waals surface area contributed by atoms with Crippen molar-refractivity contribution in [1.29, 1.82) is 0 Å². The van der Waals surface area contributed by atoms with E-state index >= 15 is 0 Å². The Labute approximate surface area is 563 Å². The molecule has 15 heteroatoms. The highest BCUT2D eigenvalue weighted by Crippen LogP contribution is 2.39. The molecule has 1 N–H and O–H groups in total. The van der Waals surface area contributed by atoms with Crippen molar-refractivity contribution >= 4 is 0 Å². The smallest absolute Gasteiger partial charge is 0.187 e. The third kappa shape index (κ3) is 19.6. The third-order valence-corrected chi connectivity index (χ3v) is 17.3. The van der Waals surface area contributed by atoms with Gasteiger partial charge in [-0.05, 0) is 57.0 Å². The third-order valence-electron chi connectivity index (χ3n) is 17.3. The first-order valence-corrected chi connectivity index (χ1v) is 33.2. The Hall–Kier alpha value is -7.62. The quantitative estimate of drug-likeness (QED) is 0.0415. The van der Waals surface area contributed by atoms with E-state index in [9.17, 15) is 5.11 Å². The molecule has 0 aromatic heterocycles. The summed E-state index contributed by atoms with van der Waals surface area (Å²) in [6.45, 7) is 3.47. The predicted molar refractivity (Wildman–Crippen MR) is 361 cm³/mol. The van der Waals surface area contributed by atoms with Gasteiger partial charge in [-0.15, -0.1) is 0 Å². The van der Waals surface area contributed by atoms with E-state index in [1.165, 1.54) is 0 Å². The molecule has 0 radical (unpaired) electrons. The minimum absolute atomic E-state index is 0.0265. The standard InChI is InChI=1S/C81H86O15/c1-58-70(82)73(85-49-61-33-15-4-16-34-61)76(88-52-64-39-21-7-22-40-64)80(92-58)95-72-69(57-84-48-60-31-13-3-14-32-60)94-81(78(90-54-66-43-25-9-26-44-66)75(72)87-51-63-37-19-6-20-38-63)96-71-68(56-83-47-59-29-11-2-12-30-59)93-79(91-55-67-45-27-10-28-46-67)77(89-53-65-41-23-8-24-42-65)74(71)86-50-62-35-17-5-18-36-62/h2-46,58,68-82H,47-57H2,1H3/t58-,68-,69-,70+,71-,72-,73+,74+,75+,76-,77-,78-,79-,80-,81-/m1/s1. The number of ether oxygens (including phenoxy) is 14. The molecule has 9 aromatic rings. The lowest BCUT2D eigenvalue weighted by Gasteiger charge is -2.51. The minimum Gasteiger partial charge on any atom is -0.388 e. The van der Waals surface area contributed by atoms with Gasteiger partial charge in [-0.2, -0.15) is 0 Å². The Bertz CT molecular complexity index is 3570. The van der Waals surface area contributed by atoms with Crippen LogP contribution in [0.1, 0.15) is 57.0 Å². The van der Waals surface area contributed by atoms with Crippen LogP contribution in [0.3, 0.4) is 0 Å². The molecule has 3 aliphatic heterocycles. The molecule has 0 unspecified atom stereocenters. The summed E-state index contributed by atoms with van der Waals surface area (Å²) in [7, 11) is 0. The maximum absolute atomic E-state index is 12.2. The number of aliphatic hydroxyl groups excluding tert-OH is 1. The molecule has 0 amide bonds. The van der Waals surface area contributed by atoms with E-state index < -0.39 is 92.1 Å². The van der Waals surface area contributed by atoms with Crippen LogP contribution < -0.4 is 0 Å². The van der Waals surface area contributed by atoms with Crippen LogP contribution in [0.25, 0.3) is 0 Å². The monoisotopic (exact) mass is 1300 g/mol. The van der Waals surface area contributed by atoms with Crippen molar-refractivity contribution in [2.45, 2.75) is 159 Å².